The molecule has 1 aromatic carbocycles. The summed E-state index contributed by atoms with van der Waals surface area (Å²) in [7, 11) is 0. The minimum absolute atomic E-state index is 0.00472. The van der Waals surface area contributed by atoms with E-state index in [4.69, 9.17) is 4.42 Å². The van der Waals surface area contributed by atoms with E-state index in [2.05, 4.69) is 17.1 Å². The van der Waals surface area contributed by atoms with Crippen molar-refractivity contribution in [1.82, 2.24) is 10.2 Å². The number of hydrogen-bond donors (Lipinski definition) is 1. The van der Waals surface area contributed by atoms with Gasteiger partial charge in [-0.25, -0.2) is 0 Å². The number of nitrogens with one attached hydrogen (secondary N) is 1. The van der Waals surface area contributed by atoms with E-state index in [1.54, 1.807) is 6.26 Å². The van der Waals surface area contributed by atoms with Crippen LogP contribution in [0.4, 0.5) is 0 Å². The van der Waals surface area contributed by atoms with E-state index in [9.17, 15) is 4.79 Å². The van der Waals surface area contributed by atoms with Crippen molar-refractivity contribution >= 4 is 16.9 Å². The molecule has 22 heavy (non-hydrogen) atoms. The number of nitrogens with zero attached hydrogens (tertiary/aromatic N) is 1. The summed E-state index contributed by atoms with van der Waals surface area (Å²) in [4.78, 5) is 15.2. The Bertz CT molecular complexity index is 679. The predicted molar refractivity (Wildman–Crippen MR) is 85.9 cm³/mol. The minimum atomic E-state index is -0.00472. The number of hydrogen-bond acceptors (Lipinski definition) is 3. The van der Waals surface area contributed by atoms with E-state index in [1.165, 1.54) is 12.8 Å². The van der Waals surface area contributed by atoms with E-state index >= 15 is 0 Å². The number of amides is 1. The molecule has 1 N–H and O–H groups in total. The molecule has 1 aromatic heterocycles. The average molecular weight is 298 g/mol. The molecule has 4 rings (SSSR count). The Morgan fingerprint density at radius 1 is 1.27 bits per heavy atom. The van der Waals surface area contributed by atoms with Crippen molar-refractivity contribution in [2.24, 2.45) is 0 Å². The van der Waals surface area contributed by atoms with Crippen molar-refractivity contribution in [2.75, 3.05) is 6.54 Å². The molecule has 1 amide bonds. The number of rotatable bonds is 3. The Hall–Kier alpha value is -1.81. The van der Waals surface area contributed by atoms with Crippen LogP contribution in [0.1, 0.15) is 43.0 Å². The third-order valence-corrected chi connectivity index (χ3v) is 5.31. The highest BCUT2D eigenvalue weighted by Gasteiger charge is 2.40. The highest BCUT2D eigenvalue weighted by molar-refractivity contribution is 6.04. The van der Waals surface area contributed by atoms with Crippen LogP contribution in [0, 0.1) is 0 Å². The second-order valence-electron chi connectivity index (χ2n) is 6.50. The number of carbonyl (C=O) groups is 1. The molecule has 4 nitrogen and oxygen atoms in total. The molecule has 2 fully saturated rings. The van der Waals surface area contributed by atoms with Crippen LogP contribution < -0.4 is 5.32 Å². The number of para-hydroxylation sites is 1. The molecule has 2 atom stereocenters. The van der Waals surface area contributed by atoms with Crippen molar-refractivity contribution < 1.29 is 9.21 Å². The van der Waals surface area contributed by atoms with Gasteiger partial charge in [-0.2, -0.15) is 0 Å². The molecule has 0 radical (unpaired) electrons. The molecule has 0 saturated carbocycles. The SMILES string of the molecule is CCN1C2CCC1CC(NC(=O)c1cccc3ccoc13)C2. The van der Waals surface area contributed by atoms with Crippen LogP contribution >= 0.6 is 0 Å². The third-order valence-electron chi connectivity index (χ3n) is 5.31. The summed E-state index contributed by atoms with van der Waals surface area (Å²) >= 11 is 0. The largest absolute Gasteiger partial charge is 0.464 e. The van der Waals surface area contributed by atoms with Crippen LogP contribution in [0.2, 0.25) is 0 Å². The zero-order chi connectivity index (χ0) is 15.1. The minimum Gasteiger partial charge on any atom is -0.464 e. The fraction of sp³-hybridized carbons (Fsp3) is 0.500. The van der Waals surface area contributed by atoms with Gasteiger partial charge in [0.1, 0.15) is 5.58 Å². The van der Waals surface area contributed by atoms with Crippen LogP contribution in [-0.4, -0.2) is 35.5 Å². The van der Waals surface area contributed by atoms with Crippen molar-refractivity contribution in [1.29, 1.82) is 0 Å². The van der Waals surface area contributed by atoms with E-state index in [0.29, 0.717) is 23.2 Å². The van der Waals surface area contributed by atoms with Gasteiger partial charge < -0.3 is 9.73 Å². The van der Waals surface area contributed by atoms with Gasteiger partial charge in [0.2, 0.25) is 0 Å². The molecule has 2 bridgehead atoms. The maximum Gasteiger partial charge on any atom is 0.255 e. The fourth-order valence-electron chi connectivity index (χ4n) is 4.34. The molecule has 0 spiro atoms. The normalized spacial score (nSPS) is 28.1. The lowest BCUT2D eigenvalue weighted by Gasteiger charge is -2.38. The fourth-order valence-corrected chi connectivity index (χ4v) is 4.34. The first-order chi connectivity index (χ1) is 10.8. The first kappa shape index (κ1) is 13.8. The van der Waals surface area contributed by atoms with Crippen molar-refractivity contribution in [2.45, 2.75) is 50.7 Å². The summed E-state index contributed by atoms with van der Waals surface area (Å²) < 4.78 is 5.48. The standard InChI is InChI=1S/C18H22N2O2/c1-2-20-14-6-7-15(20)11-13(10-14)19-18(21)16-5-3-4-12-8-9-22-17(12)16/h3-5,8-9,13-15H,2,6-7,10-11H2,1H3,(H,19,21). The molecule has 116 valence electrons. The lowest BCUT2D eigenvalue weighted by Crippen LogP contribution is -2.50. The monoisotopic (exact) mass is 298 g/mol. The first-order valence-corrected chi connectivity index (χ1v) is 8.29. The predicted octanol–water partition coefficient (Wildman–Crippen LogP) is 3.18. The van der Waals surface area contributed by atoms with Crippen LogP contribution in [0.5, 0.6) is 0 Å². The zero-order valence-electron chi connectivity index (χ0n) is 12.9. The summed E-state index contributed by atoms with van der Waals surface area (Å²) in [5.41, 5.74) is 1.33. The van der Waals surface area contributed by atoms with Gasteiger partial charge >= 0.3 is 0 Å². The molecule has 2 aliphatic rings. The molecule has 3 heterocycles. The second kappa shape index (κ2) is 5.43. The lowest BCUT2D eigenvalue weighted by atomic mass is 9.97. The van der Waals surface area contributed by atoms with Gasteiger partial charge in [0, 0.05) is 23.5 Å². The van der Waals surface area contributed by atoms with Crippen LogP contribution in [0.15, 0.2) is 34.9 Å². The highest BCUT2D eigenvalue weighted by Crippen LogP contribution is 2.35. The molecule has 0 aliphatic carbocycles. The first-order valence-electron chi connectivity index (χ1n) is 8.29. The Balaban J connectivity index is 1.50. The summed E-state index contributed by atoms with van der Waals surface area (Å²) in [6.07, 6.45) is 6.34. The molecule has 2 aliphatic heterocycles. The average Bonchev–Trinajstić information content (AvgIpc) is 3.09. The van der Waals surface area contributed by atoms with Crippen LogP contribution in [0.3, 0.4) is 0 Å². The van der Waals surface area contributed by atoms with Gasteiger partial charge in [0.25, 0.3) is 5.91 Å². The van der Waals surface area contributed by atoms with Crippen molar-refractivity contribution in [3.63, 3.8) is 0 Å². The Labute approximate surface area is 130 Å². The number of benzene rings is 1. The smallest absolute Gasteiger partial charge is 0.255 e. The quantitative estimate of drug-likeness (QED) is 0.946. The van der Waals surface area contributed by atoms with Gasteiger partial charge in [-0.05, 0) is 44.4 Å². The summed E-state index contributed by atoms with van der Waals surface area (Å²) in [6.45, 7) is 3.36. The highest BCUT2D eigenvalue weighted by atomic mass is 16.3. The number of furan rings is 1. The molecular formula is C18H22N2O2. The number of piperidine rings is 1. The number of carbonyl (C=O) groups excluding carboxylic acids is 1. The van der Waals surface area contributed by atoms with Crippen LogP contribution in [-0.2, 0) is 0 Å². The molecule has 4 heteroatoms. The molecular weight excluding hydrogens is 276 g/mol. The third kappa shape index (κ3) is 2.22. The molecule has 2 unspecified atom stereocenters. The molecule has 2 aromatic rings. The van der Waals surface area contributed by atoms with Gasteiger partial charge in [0.05, 0.1) is 11.8 Å². The zero-order valence-corrected chi connectivity index (χ0v) is 12.9. The summed E-state index contributed by atoms with van der Waals surface area (Å²) in [5, 5.41) is 4.22. The van der Waals surface area contributed by atoms with E-state index in [0.717, 1.165) is 24.8 Å². The van der Waals surface area contributed by atoms with Crippen molar-refractivity contribution in [3.8, 4) is 0 Å². The summed E-state index contributed by atoms with van der Waals surface area (Å²) in [6, 6.07) is 9.20. The second-order valence-corrected chi connectivity index (χ2v) is 6.50. The van der Waals surface area contributed by atoms with E-state index in [1.807, 2.05) is 24.3 Å². The van der Waals surface area contributed by atoms with E-state index in [-0.39, 0.29) is 11.9 Å². The van der Waals surface area contributed by atoms with E-state index < -0.39 is 0 Å². The van der Waals surface area contributed by atoms with Gasteiger partial charge in [0.15, 0.2) is 0 Å². The summed E-state index contributed by atoms with van der Waals surface area (Å²) in [5.74, 6) is -0.00472. The maximum atomic E-state index is 12.6. The van der Waals surface area contributed by atoms with Crippen molar-refractivity contribution in [3.05, 3.63) is 36.1 Å². The van der Waals surface area contributed by atoms with Gasteiger partial charge in [-0.1, -0.05) is 19.1 Å². The number of fused-ring (bicyclic) bond motifs is 3. The Morgan fingerprint density at radius 2 is 2.05 bits per heavy atom. The maximum absolute atomic E-state index is 12.6. The van der Waals surface area contributed by atoms with Gasteiger partial charge in [-0.3, -0.25) is 9.69 Å². The Morgan fingerprint density at radius 3 is 2.77 bits per heavy atom. The Kier molecular flexibility index (Phi) is 3.41. The molecule has 2 saturated heterocycles. The topological polar surface area (TPSA) is 45.5 Å². The van der Waals surface area contributed by atoms with Gasteiger partial charge in [-0.15, -0.1) is 0 Å². The van der Waals surface area contributed by atoms with Crippen LogP contribution in [0.25, 0.3) is 11.0 Å². The lowest BCUT2D eigenvalue weighted by molar-refractivity contribution is 0.0857.